The molecule has 0 bridgehead atoms. The number of ether oxygens (including phenoxy) is 2. The van der Waals surface area contributed by atoms with Crippen LogP contribution in [0.1, 0.15) is 66.2 Å². The molecule has 1 amide bonds. The number of benzene rings is 1. The predicted molar refractivity (Wildman–Crippen MR) is 115 cm³/mol. The second-order valence-electron chi connectivity index (χ2n) is 7.31. The van der Waals surface area contributed by atoms with Gasteiger partial charge in [0.25, 0.3) is 11.9 Å². The first-order chi connectivity index (χ1) is 16.1. The van der Waals surface area contributed by atoms with E-state index in [2.05, 4.69) is 25.4 Å². The maximum absolute atomic E-state index is 13.2. The lowest BCUT2D eigenvalue weighted by Gasteiger charge is -2.15. The number of amides is 1. The lowest BCUT2D eigenvalue weighted by Crippen LogP contribution is -2.29. The van der Waals surface area contributed by atoms with Gasteiger partial charge >= 0.3 is 6.18 Å². The van der Waals surface area contributed by atoms with E-state index in [1.165, 1.54) is 30.1 Å². The minimum absolute atomic E-state index is 0.122. The van der Waals surface area contributed by atoms with Crippen molar-refractivity contribution in [2.75, 3.05) is 13.2 Å². The number of hydrogen-bond donors (Lipinski definition) is 1. The normalized spacial score (nSPS) is 12.7. The number of rotatable bonds is 9. The summed E-state index contributed by atoms with van der Waals surface area (Å²) in [6.45, 7) is 7.40. The molecule has 1 N–H and O–H groups in total. The highest BCUT2D eigenvalue weighted by Gasteiger charge is 2.32. The molecule has 1 unspecified atom stereocenters. The van der Waals surface area contributed by atoms with Crippen LogP contribution in [0.25, 0.3) is 5.95 Å². The van der Waals surface area contributed by atoms with Gasteiger partial charge in [0, 0.05) is 31.2 Å². The standard InChI is InChI=1S/C22H25F3N6O3/c1-5-33-20(34-6-2)17-29-18(31(30-17)21-26-8-7-9-27-21)14(4)28-19(32)15-10-13(3)11-16(12-15)22(23,24)25/h7-12,14,20H,5-6H2,1-4H3,(H,28,32). The predicted octanol–water partition coefficient (Wildman–Crippen LogP) is 3.95. The van der Waals surface area contributed by atoms with Gasteiger partial charge in [0.05, 0.1) is 11.6 Å². The fourth-order valence-corrected chi connectivity index (χ4v) is 3.19. The summed E-state index contributed by atoms with van der Waals surface area (Å²) in [4.78, 5) is 25.7. The van der Waals surface area contributed by atoms with Gasteiger partial charge in [-0.3, -0.25) is 4.79 Å². The van der Waals surface area contributed by atoms with Gasteiger partial charge in [0.2, 0.25) is 12.1 Å². The lowest BCUT2D eigenvalue weighted by molar-refractivity contribution is -0.145. The Morgan fingerprint density at radius 1 is 1.12 bits per heavy atom. The quantitative estimate of drug-likeness (QED) is 0.465. The average Bonchev–Trinajstić information content (AvgIpc) is 3.24. The van der Waals surface area contributed by atoms with E-state index >= 15 is 0 Å². The molecule has 0 spiro atoms. The van der Waals surface area contributed by atoms with Gasteiger partial charge in [0.15, 0.2) is 5.82 Å². The van der Waals surface area contributed by atoms with Gasteiger partial charge in [-0.1, -0.05) is 0 Å². The van der Waals surface area contributed by atoms with Gasteiger partial charge in [-0.05, 0) is 57.5 Å². The van der Waals surface area contributed by atoms with Crippen LogP contribution < -0.4 is 5.32 Å². The Morgan fingerprint density at radius 2 is 1.76 bits per heavy atom. The Labute approximate surface area is 194 Å². The lowest BCUT2D eigenvalue weighted by atomic mass is 10.1. The van der Waals surface area contributed by atoms with Crippen LogP contribution in [0, 0.1) is 6.92 Å². The van der Waals surface area contributed by atoms with E-state index in [9.17, 15) is 18.0 Å². The number of carbonyl (C=O) groups excluding carboxylic acids is 1. The van der Waals surface area contributed by atoms with Crippen molar-refractivity contribution in [2.45, 2.75) is 46.2 Å². The van der Waals surface area contributed by atoms with Crippen LogP contribution in [-0.2, 0) is 15.7 Å². The molecule has 12 heteroatoms. The monoisotopic (exact) mass is 478 g/mol. The molecule has 0 aliphatic rings. The number of nitrogens with one attached hydrogen (secondary N) is 1. The van der Waals surface area contributed by atoms with Crippen LogP contribution in [0.5, 0.6) is 0 Å². The van der Waals surface area contributed by atoms with Crippen molar-refractivity contribution in [1.82, 2.24) is 30.0 Å². The van der Waals surface area contributed by atoms with Gasteiger partial charge in [0.1, 0.15) is 0 Å². The molecule has 2 aromatic heterocycles. The number of halogens is 3. The van der Waals surface area contributed by atoms with Crippen LogP contribution in [0.2, 0.25) is 0 Å². The van der Waals surface area contributed by atoms with E-state index in [1.54, 1.807) is 26.8 Å². The molecule has 2 heterocycles. The molecule has 0 aliphatic heterocycles. The summed E-state index contributed by atoms with van der Waals surface area (Å²) in [5, 5.41) is 7.09. The first kappa shape index (κ1) is 25.2. The Hall–Kier alpha value is -3.38. The minimum atomic E-state index is -4.57. The number of aromatic nitrogens is 5. The molecule has 0 saturated heterocycles. The van der Waals surface area contributed by atoms with Gasteiger partial charge in [-0.15, -0.1) is 5.10 Å². The van der Waals surface area contributed by atoms with E-state index < -0.39 is 30.0 Å². The van der Waals surface area contributed by atoms with Crippen molar-refractivity contribution >= 4 is 5.91 Å². The van der Waals surface area contributed by atoms with Crippen LogP contribution in [0.3, 0.4) is 0 Å². The molecular formula is C22H25F3N6O3. The molecule has 3 rings (SSSR count). The van der Waals surface area contributed by atoms with Crippen molar-refractivity contribution in [3.8, 4) is 5.95 Å². The van der Waals surface area contributed by atoms with E-state index in [4.69, 9.17) is 9.47 Å². The molecule has 1 aromatic carbocycles. The highest BCUT2D eigenvalue weighted by Crippen LogP contribution is 2.31. The number of hydrogen-bond acceptors (Lipinski definition) is 7. The molecule has 0 fully saturated rings. The highest BCUT2D eigenvalue weighted by atomic mass is 19.4. The van der Waals surface area contributed by atoms with E-state index in [0.717, 1.165) is 12.1 Å². The second kappa shape index (κ2) is 10.7. The maximum Gasteiger partial charge on any atom is 0.416 e. The molecule has 0 radical (unpaired) electrons. The summed E-state index contributed by atoms with van der Waals surface area (Å²) < 4.78 is 52.0. The Kier molecular flexibility index (Phi) is 7.94. The summed E-state index contributed by atoms with van der Waals surface area (Å²) in [5.41, 5.74) is -0.709. The fourth-order valence-electron chi connectivity index (χ4n) is 3.19. The Morgan fingerprint density at radius 3 is 2.35 bits per heavy atom. The number of nitrogens with zero attached hydrogens (tertiary/aromatic N) is 5. The zero-order valence-electron chi connectivity index (χ0n) is 19.1. The molecule has 3 aromatic rings. The molecule has 0 saturated carbocycles. The number of carbonyl (C=O) groups is 1. The Bertz CT molecular complexity index is 1110. The molecule has 0 aliphatic carbocycles. The van der Waals surface area contributed by atoms with Crippen molar-refractivity contribution in [1.29, 1.82) is 0 Å². The molecule has 182 valence electrons. The first-order valence-corrected chi connectivity index (χ1v) is 10.6. The maximum atomic E-state index is 13.2. The zero-order valence-corrected chi connectivity index (χ0v) is 19.1. The molecular weight excluding hydrogens is 453 g/mol. The smallest absolute Gasteiger partial charge is 0.346 e. The summed E-state index contributed by atoms with van der Waals surface area (Å²) in [7, 11) is 0. The fraction of sp³-hybridized carbons (Fsp3) is 0.409. The third-order valence-corrected chi connectivity index (χ3v) is 4.64. The van der Waals surface area contributed by atoms with Gasteiger partial charge in [-0.25, -0.2) is 15.0 Å². The SMILES string of the molecule is CCOC(OCC)c1nc(C(C)NC(=O)c2cc(C)cc(C(F)(F)F)c2)n(-c2ncccn2)n1. The number of aryl methyl sites for hydroxylation is 1. The van der Waals surface area contributed by atoms with Crippen molar-refractivity contribution in [3.05, 3.63) is 65.0 Å². The Balaban J connectivity index is 1.95. The number of alkyl halides is 3. The summed E-state index contributed by atoms with van der Waals surface area (Å²) in [6.07, 6.45) is -2.39. The van der Waals surface area contributed by atoms with Gasteiger partial charge in [-0.2, -0.15) is 17.9 Å². The first-order valence-electron chi connectivity index (χ1n) is 10.6. The zero-order chi connectivity index (χ0) is 24.9. The second-order valence-corrected chi connectivity index (χ2v) is 7.31. The molecule has 34 heavy (non-hydrogen) atoms. The van der Waals surface area contributed by atoms with Crippen LogP contribution >= 0.6 is 0 Å². The van der Waals surface area contributed by atoms with E-state index in [0.29, 0.717) is 18.8 Å². The van der Waals surface area contributed by atoms with Crippen LogP contribution in [0.4, 0.5) is 13.2 Å². The molecule has 1 atom stereocenters. The summed E-state index contributed by atoms with van der Waals surface area (Å²) in [5.74, 6) is -0.0539. The van der Waals surface area contributed by atoms with Crippen LogP contribution in [-0.4, -0.2) is 43.9 Å². The molecule has 9 nitrogen and oxygen atoms in total. The summed E-state index contributed by atoms with van der Waals surface area (Å²) in [6, 6.07) is 4.04. The summed E-state index contributed by atoms with van der Waals surface area (Å²) >= 11 is 0. The van der Waals surface area contributed by atoms with E-state index in [-0.39, 0.29) is 23.2 Å². The van der Waals surface area contributed by atoms with Crippen molar-refractivity contribution in [3.63, 3.8) is 0 Å². The third kappa shape index (κ3) is 5.94. The van der Waals surface area contributed by atoms with Gasteiger partial charge < -0.3 is 14.8 Å². The van der Waals surface area contributed by atoms with Crippen molar-refractivity contribution < 1.29 is 27.4 Å². The van der Waals surface area contributed by atoms with Crippen molar-refractivity contribution in [2.24, 2.45) is 0 Å². The third-order valence-electron chi connectivity index (χ3n) is 4.64. The van der Waals surface area contributed by atoms with Crippen LogP contribution in [0.15, 0.2) is 36.7 Å². The largest absolute Gasteiger partial charge is 0.416 e. The highest BCUT2D eigenvalue weighted by molar-refractivity contribution is 5.94. The topological polar surface area (TPSA) is 104 Å². The van der Waals surface area contributed by atoms with E-state index in [1.807, 2.05) is 0 Å². The minimum Gasteiger partial charge on any atom is -0.346 e. The average molecular weight is 478 g/mol.